The second kappa shape index (κ2) is 6.62. The minimum absolute atomic E-state index is 0.847. The van der Waals surface area contributed by atoms with Gasteiger partial charge >= 0.3 is 0 Å². The third kappa shape index (κ3) is 3.76. The summed E-state index contributed by atoms with van der Waals surface area (Å²) in [6, 6.07) is 6.08. The molecular weight excluding hydrogens is 338 g/mol. The van der Waals surface area contributed by atoms with Crippen LogP contribution in [-0.4, -0.2) is 41.0 Å². The van der Waals surface area contributed by atoms with Crippen molar-refractivity contribution in [2.75, 3.05) is 31.5 Å². The van der Waals surface area contributed by atoms with Gasteiger partial charge in [0.15, 0.2) is 5.13 Å². The molecule has 0 aliphatic carbocycles. The fraction of sp³-hybridized carbons (Fsp3) is 0.385. The number of thiazole rings is 1. The van der Waals surface area contributed by atoms with Crippen LogP contribution in [0.1, 0.15) is 5.69 Å². The number of piperazine rings is 1. The zero-order valence-corrected chi connectivity index (χ0v) is 13.4. The van der Waals surface area contributed by atoms with E-state index in [9.17, 15) is 0 Å². The normalized spacial score (nSPS) is 16.2. The van der Waals surface area contributed by atoms with E-state index in [0.29, 0.717) is 0 Å². The molecule has 106 valence electrons. The molecule has 0 amide bonds. The molecule has 0 unspecified atom stereocenters. The number of aromatic nitrogens is 2. The van der Waals surface area contributed by atoms with Crippen LogP contribution in [0.3, 0.4) is 0 Å². The molecule has 0 radical (unpaired) electrons. The van der Waals surface area contributed by atoms with E-state index in [2.05, 4.69) is 47.5 Å². The molecule has 0 saturated carbocycles. The zero-order chi connectivity index (χ0) is 13.8. The van der Waals surface area contributed by atoms with E-state index in [1.807, 2.05) is 12.1 Å². The lowest BCUT2D eigenvalue weighted by Crippen LogP contribution is -2.43. The van der Waals surface area contributed by atoms with Gasteiger partial charge in [0.05, 0.1) is 15.7 Å². The van der Waals surface area contributed by atoms with Crippen LogP contribution in [0, 0.1) is 0 Å². The molecule has 2 aromatic rings. The summed E-state index contributed by atoms with van der Waals surface area (Å²) in [5, 5.41) is 7.45. The highest BCUT2D eigenvalue weighted by molar-refractivity contribution is 9.11. The lowest BCUT2D eigenvalue weighted by molar-refractivity contribution is 0.231. The largest absolute Gasteiger partial charge is 0.316 e. The van der Waals surface area contributed by atoms with Crippen LogP contribution in [0.5, 0.6) is 0 Å². The molecule has 5 nitrogen and oxygen atoms in total. The summed E-state index contributed by atoms with van der Waals surface area (Å²) in [7, 11) is 0. The topological polar surface area (TPSA) is 53.1 Å². The number of hydrogen-bond acceptors (Lipinski definition) is 6. The average molecular weight is 354 g/mol. The summed E-state index contributed by atoms with van der Waals surface area (Å²) >= 11 is 4.97. The molecule has 1 aliphatic rings. The van der Waals surface area contributed by atoms with Crippen LogP contribution in [-0.2, 0) is 6.54 Å². The summed E-state index contributed by atoms with van der Waals surface area (Å²) in [5.74, 6) is 0.847. The first-order valence-corrected chi connectivity index (χ1v) is 8.18. The SMILES string of the molecule is Brc1cnc(Nc2cccc(CN3CCNCC3)n2)s1. The Morgan fingerprint density at radius 3 is 2.95 bits per heavy atom. The van der Waals surface area contributed by atoms with E-state index in [1.54, 1.807) is 17.5 Å². The number of nitrogens with zero attached hydrogens (tertiary/aromatic N) is 3. The highest BCUT2D eigenvalue weighted by Crippen LogP contribution is 2.25. The Morgan fingerprint density at radius 2 is 2.20 bits per heavy atom. The van der Waals surface area contributed by atoms with E-state index >= 15 is 0 Å². The number of pyridine rings is 1. The zero-order valence-electron chi connectivity index (χ0n) is 11.0. The first-order valence-electron chi connectivity index (χ1n) is 6.57. The Morgan fingerprint density at radius 1 is 1.35 bits per heavy atom. The van der Waals surface area contributed by atoms with E-state index < -0.39 is 0 Å². The lowest BCUT2D eigenvalue weighted by Gasteiger charge is -2.26. The van der Waals surface area contributed by atoms with Crippen molar-refractivity contribution in [3.63, 3.8) is 0 Å². The van der Waals surface area contributed by atoms with Gasteiger partial charge < -0.3 is 10.6 Å². The second-order valence-electron chi connectivity index (χ2n) is 4.63. The highest BCUT2D eigenvalue weighted by Gasteiger charge is 2.11. The van der Waals surface area contributed by atoms with Crippen LogP contribution < -0.4 is 10.6 Å². The van der Waals surface area contributed by atoms with Gasteiger partial charge in [-0.15, -0.1) is 0 Å². The molecule has 7 heteroatoms. The number of nitrogens with one attached hydrogen (secondary N) is 2. The van der Waals surface area contributed by atoms with Gasteiger partial charge in [0.2, 0.25) is 0 Å². The van der Waals surface area contributed by atoms with Gasteiger partial charge in [-0.05, 0) is 28.1 Å². The van der Waals surface area contributed by atoms with Gasteiger partial charge in [-0.3, -0.25) is 4.90 Å². The molecule has 0 aromatic carbocycles. The standard InChI is InChI=1S/C13H16BrN5S/c14-11-8-16-13(20-11)18-12-3-1-2-10(17-12)9-19-6-4-15-5-7-19/h1-3,8,15H,4-7,9H2,(H,16,17,18). The third-order valence-corrected chi connectivity index (χ3v) is 4.51. The maximum absolute atomic E-state index is 4.65. The van der Waals surface area contributed by atoms with Crippen molar-refractivity contribution in [2.24, 2.45) is 0 Å². The molecule has 0 bridgehead atoms. The minimum Gasteiger partial charge on any atom is -0.316 e. The molecule has 3 rings (SSSR count). The Hall–Kier alpha value is -1.02. The van der Waals surface area contributed by atoms with Crippen molar-refractivity contribution >= 4 is 38.2 Å². The summed E-state index contributed by atoms with van der Waals surface area (Å²) in [6.45, 7) is 5.19. The van der Waals surface area contributed by atoms with Crippen LogP contribution in [0.15, 0.2) is 28.2 Å². The monoisotopic (exact) mass is 353 g/mol. The Balaban J connectivity index is 1.65. The lowest BCUT2D eigenvalue weighted by atomic mass is 10.3. The van der Waals surface area contributed by atoms with E-state index in [1.165, 1.54) is 0 Å². The number of rotatable bonds is 4. The van der Waals surface area contributed by atoms with Crippen molar-refractivity contribution in [3.8, 4) is 0 Å². The van der Waals surface area contributed by atoms with Gasteiger partial charge in [0.1, 0.15) is 5.82 Å². The first-order chi connectivity index (χ1) is 9.79. The van der Waals surface area contributed by atoms with Gasteiger partial charge in [-0.1, -0.05) is 17.4 Å². The quantitative estimate of drug-likeness (QED) is 0.884. The van der Waals surface area contributed by atoms with Crippen LogP contribution >= 0.6 is 27.3 Å². The summed E-state index contributed by atoms with van der Waals surface area (Å²) in [4.78, 5) is 11.3. The molecule has 0 spiro atoms. The molecule has 1 saturated heterocycles. The minimum atomic E-state index is 0.847. The van der Waals surface area contributed by atoms with E-state index in [0.717, 1.165) is 53.2 Å². The summed E-state index contributed by atoms with van der Waals surface area (Å²) < 4.78 is 1.01. The van der Waals surface area contributed by atoms with Crippen molar-refractivity contribution in [1.82, 2.24) is 20.2 Å². The number of halogens is 1. The fourth-order valence-electron chi connectivity index (χ4n) is 2.16. The smallest absolute Gasteiger partial charge is 0.189 e. The second-order valence-corrected chi connectivity index (χ2v) is 7.04. The number of hydrogen-bond donors (Lipinski definition) is 2. The first kappa shape index (κ1) is 13.9. The van der Waals surface area contributed by atoms with Crippen molar-refractivity contribution in [2.45, 2.75) is 6.54 Å². The molecule has 3 heterocycles. The van der Waals surface area contributed by atoms with E-state index in [-0.39, 0.29) is 0 Å². The molecule has 1 fully saturated rings. The van der Waals surface area contributed by atoms with Gasteiger partial charge in [0, 0.05) is 32.7 Å². The average Bonchev–Trinajstić information content (AvgIpc) is 2.86. The van der Waals surface area contributed by atoms with Gasteiger partial charge in [0.25, 0.3) is 0 Å². The predicted molar refractivity (Wildman–Crippen MR) is 85.5 cm³/mol. The Kier molecular flexibility index (Phi) is 4.62. The van der Waals surface area contributed by atoms with Crippen LogP contribution in [0.4, 0.5) is 10.9 Å². The highest BCUT2D eigenvalue weighted by atomic mass is 79.9. The summed E-state index contributed by atoms with van der Waals surface area (Å²) in [6.07, 6.45) is 1.79. The molecule has 1 aliphatic heterocycles. The van der Waals surface area contributed by atoms with Crippen molar-refractivity contribution in [1.29, 1.82) is 0 Å². The fourth-order valence-corrected chi connectivity index (χ4v) is 3.27. The summed E-state index contributed by atoms with van der Waals surface area (Å²) in [5.41, 5.74) is 1.09. The van der Waals surface area contributed by atoms with Gasteiger partial charge in [-0.2, -0.15) is 0 Å². The number of anilines is 2. The Labute approximate surface area is 130 Å². The Bertz CT molecular complexity index is 567. The molecule has 0 atom stereocenters. The van der Waals surface area contributed by atoms with Crippen LogP contribution in [0.25, 0.3) is 0 Å². The van der Waals surface area contributed by atoms with Crippen molar-refractivity contribution in [3.05, 3.63) is 33.9 Å². The van der Waals surface area contributed by atoms with E-state index in [4.69, 9.17) is 0 Å². The molecule has 2 N–H and O–H groups in total. The van der Waals surface area contributed by atoms with Gasteiger partial charge in [-0.25, -0.2) is 9.97 Å². The third-order valence-electron chi connectivity index (χ3n) is 3.11. The van der Waals surface area contributed by atoms with Crippen LogP contribution in [0.2, 0.25) is 0 Å². The molecule has 20 heavy (non-hydrogen) atoms. The molecule has 2 aromatic heterocycles. The maximum Gasteiger partial charge on any atom is 0.189 e. The molecular formula is C13H16BrN5S. The predicted octanol–water partition coefficient (Wildman–Crippen LogP) is 2.45. The van der Waals surface area contributed by atoms with Crippen molar-refractivity contribution < 1.29 is 0 Å². The maximum atomic E-state index is 4.65.